The van der Waals surface area contributed by atoms with Gasteiger partial charge in [-0.2, -0.15) is 0 Å². The smallest absolute Gasteiger partial charge is 0.0306 e. The molecule has 0 saturated heterocycles. The van der Waals surface area contributed by atoms with Crippen molar-refractivity contribution < 1.29 is 0 Å². The maximum atomic E-state index is 6.02. The Morgan fingerprint density at radius 3 is 2.54 bits per heavy atom. The third-order valence-electron chi connectivity index (χ3n) is 2.82. The first kappa shape index (κ1) is 10.6. The Morgan fingerprint density at radius 2 is 1.92 bits per heavy atom. The second-order valence-electron chi connectivity index (χ2n) is 4.28. The second kappa shape index (κ2) is 3.32. The second-order valence-corrected chi connectivity index (χ2v) is 4.28. The van der Waals surface area contributed by atoms with Crippen LogP contribution in [0, 0.1) is 0 Å². The predicted molar refractivity (Wildman–Crippen MR) is 58.3 cm³/mol. The maximum Gasteiger partial charge on any atom is 0.0306 e. The van der Waals surface area contributed by atoms with E-state index < -0.39 is 0 Å². The van der Waals surface area contributed by atoms with Crippen molar-refractivity contribution in [3.63, 3.8) is 0 Å². The Kier molecular flexibility index (Phi) is 2.69. The molecule has 1 aromatic carbocycles. The zero-order valence-electron chi connectivity index (χ0n) is 8.08. The van der Waals surface area contributed by atoms with Gasteiger partial charge in [-0.15, -0.1) is 12.4 Å². The summed E-state index contributed by atoms with van der Waals surface area (Å²) < 4.78 is 0. The van der Waals surface area contributed by atoms with Gasteiger partial charge < -0.3 is 5.73 Å². The van der Waals surface area contributed by atoms with E-state index in [0.717, 1.165) is 6.42 Å². The van der Waals surface area contributed by atoms with E-state index >= 15 is 0 Å². The molecule has 1 aromatic rings. The largest absolute Gasteiger partial charge is 0.324 e. The Bertz CT molecular complexity index is 307. The van der Waals surface area contributed by atoms with Gasteiger partial charge in [0.05, 0.1) is 0 Å². The first-order valence-electron chi connectivity index (χ1n) is 4.46. The molecule has 13 heavy (non-hydrogen) atoms. The van der Waals surface area contributed by atoms with Crippen molar-refractivity contribution in [3.8, 4) is 0 Å². The van der Waals surface area contributed by atoms with Crippen LogP contribution < -0.4 is 5.73 Å². The van der Waals surface area contributed by atoms with E-state index in [4.69, 9.17) is 5.73 Å². The molecule has 0 heterocycles. The summed E-state index contributed by atoms with van der Waals surface area (Å²) in [5, 5.41) is 0. The lowest BCUT2D eigenvalue weighted by Crippen LogP contribution is -2.14. The van der Waals surface area contributed by atoms with Crippen molar-refractivity contribution in [2.24, 2.45) is 5.73 Å². The van der Waals surface area contributed by atoms with Crippen molar-refractivity contribution in [2.75, 3.05) is 0 Å². The standard InChI is InChI=1S/C11H15N.ClH/c1-11(2)7-10(12)8-5-3-4-6-9(8)11;/h3-6,10H,7,12H2,1-2H3;1H. The molecule has 0 bridgehead atoms. The van der Waals surface area contributed by atoms with E-state index in [-0.39, 0.29) is 23.9 Å². The minimum Gasteiger partial charge on any atom is -0.324 e. The Morgan fingerprint density at radius 1 is 1.31 bits per heavy atom. The molecule has 1 aliphatic rings. The molecular weight excluding hydrogens is 182 g/mol. The molecule has 1 unspecified atom stereocenters. The Labute approximate surface area is 85.7 Å². The van der Waals surface area contributed by atoms with Gasteiger partial charge in [0.25, 0.3) is 0 Å². The van der Waals surface area contributed by atoms with Crippen LogP contribution in [0.4, 0.5) is 0 Å². The third kappa shape index (κ3) is 1.59. The highest BCUT2D eigenvalue weighted by Crippen LogP contribution is 2.42. The lowest BCUT2D eigenvalue weighted by Gasteiger charge is -2.18. The van der Waals surface area contributed by atoms with Crippen molar-refractivity contribution in [3.05, 3.63) is 35.4 Å². The number of rotatable bonds is 0. The summed E-state index contributed by atoms with van der Waals surface area (Å²) in [6, 6.07) is 8.76. The molecule has 1 atom stereocenters. The van der Waals surface area contributed by atoms with E-state index in [1.807, 2.05) is 0 Å². The number of fused-ring (bicyclic) bond motifs is 1. The first-order chi connectivity index (χ1) is 5.61. The molecule has 2 N–H and O–H groups in total. The van der Waals surface area contributed by atoms with Crippen LogP contribution >= 0.6 is 12.4 Å². The average molecular weight is 198 g/mol. The molecular formula is C11H16ClN. The lowest BCUT2D eigenvalue weighted by molar-refractivity contribution is 0.481. The molecule has 0 fully saturated rings. The van der Waals surface area contributed by atoms with Gasteiger partial charge in [0.2, 0.25) is 0 Å². The van der Waals surface area contributed by atoms with Gasteiger partial charge in [-0.3, -0.25) is 0 Å². The van der Waals surface area contributed by atoms with Crippen molar-refractivity contribution in [1.82, 2.24) is 0 Å². The molecule has 2 rings (SSSR count). The van der Waals surface area contributed by atoms with Gasteiger partial charge in [0, 0.05) is 6.04 Å². The highest BCUT2D eigenvalue weighted by atomic mass is 35.5. The van der Waals surface area contributed by atoms with Crippen molar-refractivity contribution in [1.29, 1.82) is 0 Å². The lowest BCUT2D eigenvalue weighted by atomic mass is 9.87. The van der Waals surface area contributed by atoms with E-state index in [1.54, 1.807) is 0 Å². The zero-order valence-corrected chi connectivity index (χ0v) is 8.90. The van der Waals surface area contributed by atoms with Gasteiger partial charge in [-0.05, 0) is 23.0 Å². The highest BCUT2D eigenvalue weighted by Gasteiger charge is 2.34. The van der Waals surface area contributed by atoms with Crippen molar-refractivity contribution in [2.45, 2.75) is 31.7 Å². The van der Waals surface area contributed by atoms with E-state index in [2.05, 4.69) is 38.1 Å². The van der Waals surface area contributed by atoms with Crippen LogP contribution in [0.15, 0.2) is 24.3 Å². The molecule has 0 amide bonds. The summed E-state index contributed by atoms with van der Waals surface area (Å²) in [5.41, 5.74) is 9.06. The molecule has 2 heteroatoms. The fraction of sp³-hybridized carbons (Fsp3) is 0.455. The van der Waals surface area contributed by atoms with Gasteiger partial charge in [0.1, 0.15) is 0 Å². The van der Waals surface area contributed by atoms with Crippen LogP contribution in [0.1, 0.15) is 37.4 Å². The van der Waals surface area contributed by atoms with Crippen LogP contribution in [0.3, 0.4) is 0 Å². The van der Waals surface area contributed by atoms with Gasteiger partial charge in [0.15, 0.2) is 0 Å². The molecule has 0 spiro atoms. The van der Waals surface area contributed by atoms with Crippen LogP contribution in [-0.4, -0.2) is 0 Å². The van der Waals surface area contributed by atoms with Gasteiger partial charge in [-0.25, -0.2) is 0 Å². The monoisotopic (exact) mass is 197 g/mol. The SMILES string of the molecule is CC1(C)CC(N)c2ccccc21.Cl. The normalized spacial score (nSPS) is 23.5. The summed E-state index contributed by atoms with van der Waals surface area (Å²) in [4.78, 5) is 0. The molecule has 1 aliphatic carbocycles. The van der Waals surface area contributed by atoms with Crippen LogP contribution in [0.25, 0.3) is 0 Å². The number of halogens is 1. The van der Waals surface area contributed by atoms with Gasteiger partial charge in [-0.1, -0.05) is 38.1 Å². The Hall–Kier alpha value is -0.530. The minimum atomic E-state index is 0. The maximum absolute atomic E-state index is 6.02. The molecule has 0 aromatic heterocycles. The fourth-order valence-corrected chi connectivity index (χ4v) is 2.21. The number of hydrogen-bond acceptors (Lipinski definition) is 1. The van der Waals surface area contributed by atoms with Crippen molar-refractivity contribution >= 4 is 12.4 Å². The predicted octanol–water partition coefficient (Wildman–Crippen LogP) is 2.79. The fourth-order valence-electron chi connectivity index (χ4n) is 2.21. The zero-order chi connectivity index (χ0) is 8.77. The molecule has 1 nitrogen and oxygen atoms in total. The first-order valence-corrected chi connectivity index (χ1v) is 4.46. The third-order valence-corrected chi connectivity index (χ3v) is 2.82. The van der Waals surface area contributed by atoms with Crippen LogP contribution in [0.5, 0.6) is 0 Å². The van der Waals surface area contributed by atoms with E-state index in [0.29, 0.717) is 0 Å². The minimum absolute atomic E-state index is 0. The quantitative estimate of drug-likeness (QED) is 0.680. The summed E-state index contributed by atoms with van der Waals surface area (Å²) in [7, 11) is 0. The molecule has 72 valence electrons. The summed E-state index contributed by atoms with van der Waals surface area (Å²) in [6.07, 6.45) is 1.08. The van der Waals surface area contributed by atoms with Gasteiger partial charge >= 0.3 is 0 Å². The summed E-state index contributed by atoms with van der Waals surface area (Å²) in [6.45, 7) is 4.53. The van der Waals surface area contributed by atoms with Crippen LogP contribution in [-0.2, 0) is 5.41 Å². The number of nitrogens with two attached hydrogens (primary N) is 1. The number of benzene rings is 1. The van der Waals surface area contributed by atoms with E-state index in [9.17, 15) is 0 Å². The Balaban J connectivity index is 0.000000845. The molecule has 0 radical (unpaired) electrons. The van der Waals surface area contributed by atoms with E-state index in [1.165, 1.54) is 11.1 Å². The highest BCUT2D eigenvalue weighted by molar-refractivity contribution is 5.85. The molecule has 0 aliphatic heterocycles. The summed E-state index contributed by atoms with van der Waals surface area (Å²) >= 11 is 0. The summed E-state index contributed by atoms with van der Waals surface area (Å²) in [5.74, 6) is 0. The number of hydrogen-bond donors (Lipinski definition) is 1. The molecule has 0 saturated carbocycles. The average Bonchev–Trinajstić information content (AvgIpc) is 2.25. The van der Waals surface area contributed by atoms with Crippen LogP contribution in [0.2, 0.25) is 0 Å². The topological polar surface area (TPSA) is 26.0 Å².